The van der Waals surface area contributed by atoms with E-state index in [4.69, 9.17) is 11.6 Å². The Morgan fingerprint density at radius 1 is 1.62 bits per heavy atom. The summed E-state index contributed by atoms with van der Waals surface area (Å²) in [6.45, 7) is 1.76. The van der Waals surface area contributed by atoms with Crippen molar-refractivity contribution in [2.75, 3.05) is 5.88 Å². The number of Topliss-reactive ketones (excluding diaryl/α,β-unsaturated/α-hetero) is 1. The van der Waals surface area contributed by atoms with Gasteiger partial charge in [-0.1, -0.05) is 0 Å². The summed E-state index contributed by atoms with van der Waals surface area (Å²) in [5, 5.41) is 0. The standard InChI is InChI=1S/C9H7ClFIO/c1-5-2-6(8(13)4-10)3-7(11)9(5)12/h2-3H,4H2,1H3. The molecule has 1 aromatic carbocycles. The van der Waals surface area contributed by atoms with Gasteiger partial charge in [-0.2, -0.15) is 0 Å². The maximum absolute atomic E-state index is 13.1. The van der Waals surface area contributed by atoms with Gasteiger partial charge in [-0.05, 0) is 47.2 Å². The van der Waals surface area contributed by atoms with Crippen LogP contribution in [0.5, 0.6) is 0 Å². The number of rotatable bonds is 2. The van der Waals surface area contributed by atoms with Crippen LogP contribution in [0.1, 0.15) is 15.9 Å². The summed E-state index contributed by atoms with van der Waals surface area (Å²) in [4.78, 5) is 11.1. The molecule has 0 bridgehead atoms. The second kappa shape index (κ2) is 4.37. The first-order valence-corrected chi connectivity index (χ1v) is 5.22. The molecule has 0 saturated carbocycles. The van der Waals surface area contributed by atoms with Gasteiger partial charge in [0.15, 0.2) is 5.78 Å². The Hall–Kier alpha value is -0.160. The SMILES string of the molecule is Cc1cc(C(=O)CCl)cc(F)c1I. The molecule has 1 aromatic rings. The van der Waals surface area contributed by atoms with E-state index >= 15 is 0 Å². The van der Waals surface area contributed by atoms with Gasteiger partial charge in [-0.15, -0.1) is 11.6 Å². The number of carbonyl (C=O) groups is 1. The van der Waals surface area contributed by atoms with Crippen LogP contribution >= 0.6 is 34.2 Å². The van der Waals surface area contributed by atoms with Crippen LogP contribution in [-0.2, 0) is 0 Å². The van der Waals surface area contributed by atoms with Gasteiger partial charge in [0.05, 0.1) is 9.45 Å². The molecule has 1 rings (SSSR count). The molecule has 4 heteroatoms. The molecular formula is C9H7ClFIO. The lowest BCUT2D eigenvalue weighted by Crippen LogP contribution is -2.02. The fourth-order valence-electron chi connectivity index (χ4n) is 0.965. The predicted molar refractivity (Wildman–Crippen MR) is 58.9 cm³/mol. The molecule has 13 heavy (non-hydrogen) atoms. The van der Waals surface area contributed by atoms with E-state index < -0.39 is 0 Å². The van der Waals surface area contributed by atoms with E-state index in [0.717, 1.165) is 5.56 Å². The monoisotopic (exact) mass is 312 g/mol. The van der Waals surface area contributed by atoms with Crippen molar-refractivity contribution in [1.82, 2.24) is 0 Å². The summed E-state index contributed by atoms with van der Waals surface area (Å²) in [7, 11) is 0. The lowest BCUT2D eigenvalue weighted by atomic mass is 10.1. The van der Waals surface area contributed by atoms with Gasteiger partial charge in [-0.25, -0.2) is 4.39 Å². The molecule has 0 aliphatic rings. The molecule has 0 saturated heterocycles. The highest BCUT2D eigenvalue weighted by Gasteiger charge is 2.09. The number of benzene rings is 1. The van der Waals surface area contributed by atoms with Crippen molar-refractivity contribution in [2.24, 2.45) is 0 Å². The van der Waals surface area contributed by atoms with E-state index in [2.05, 4.69) is 0 Å². The van der Waals surface area contributed by atoms with Crippen LogP contribution < -0.4 is 0 Å². The first-order valence-electron chi connectivity index (χ1n) is 3.61. The maximum Gasteiger partial charge on any atom is 0.177 e. The summed E-state index contributed by atoms with van der Waals surface area (Å²) >= 11 is 7.26. The Balaban J connectivity index is 3.20. The molecule has 70 valence electrons. The Labute approximate surface area is 94.4 Å². The van der Waals surface area contributed by atoms with Crippen molar-refractivity contribution in [2.45, 2.75) is 6.92 Å². The van der Waals surface area contributed by atoms with Crippen molar-refractivity contribution in [3.05, 3.63) is 32.6 Å². The number of ketones is 1. The van der Waals surface area contributed by atoms with E-state index in [0.29, 0.717) is 9.13 Å². The third kappa shape index (κ3) is 2.40. The van der Waals surface area contributed by atoms with Crippen molar-refractivity contribution >= 4 is 40.0 Å². The molecular weight excluding hydrogens is 305 g/mol. The highest BCUT2D eigenvalue weighted by Crippen LogP contribution is 2.18. The number of alkyl halides is 1. The lowest BCUT2D eigenvalue weighted by Gasteiger charge is -2.03. The molecule has 0 radical (unpaired) electrons. The van der Waals surface area contributed by atoms with Gasteiger partial charge in [0.25, 0.3) is 0 Å². The Bertz CT molecular complexity index is 328. The topological polar surface area (TPSA) is 17.1 Å². The average Bonchev–Trinajstić information content (AvgIpc) is 2.12. The van der Waals surface area contributed by atoms with Crippen LogP contribution in [0.25, 0.3) is 0 Å². The van der Waals surface area contributed by atoms with E-state index in [9.17, 15) is 9.18 Å². The summed E-state index contributed by atoms with van der Waals surface area (Å²) in [6.07, 6.45) is 0. The largest absolute Gasteiger partial charge is 0.293 e. The smallest absolute Gasteiger partial charge is 0.177 e. The predicted octanol–water partition coefficient (Wildman–Crippen LogP) is 3.16. The molecule has 0 N–H and O–H groups in total. The quantitative estimate of drug-likeness (QED) is 0.466. The molecule has 0 amide bonds. The molecule has 0 fully saturated rings. The zero-order valence-corrected chi connectivity index (χ0v) is 9.82. The van der Waals surface area contributed by atoms with Crippen LogP contribution in [0.2, 0.25) is 0 Å². The highest BCUT2D eigenvalue weighted by atomic mass is 127. The third-order valence-electron chi connectivity index (χ3n) is 1.65. The summed E-state index contributed by atoms with van der Waals surface area (Å²) in [5.41, 5.74) is 1.10. The Kier molecular flexibility index (Phi) is 3.67. The van der Waals surface area contributed by atoms with Crippen molar-refractivity contribution < 1.29 is 9.18 Å². The molecule has 0 aromatic heterocycles. The molecule has 0 aliphatic heterocycles. The summed E-state index contributed by atoms with van der Waals surface area (Å²) in [6, 6.07) is 2.87. The second-order valence-electron chi connectivity index (χ2n) is 2.65. The van der Waals surface area contributed by atoms with Gasteiger partial charge in [0.1, 0.15) is 5.82 Å². The number of aryl methyl sites for hydroxylation is 1. The summed E-state index contributed by atoms with van der Waals surface area (Å²) in [5.74, 6) is -0.728. The van der Waals surface area contributed by atoms with Crippen LogP contribution in [0.15, 0.2) is 12.1 Å². The van der Waals surface area contributed by atoms with E-state index in [1.54, 1.807) is 13.0 Å². The maximum atomic E-state index is 13.1. The minimum atomic E-state index is -0.367. The minimum absolute atomic E-state index is 0.112. The highest BCUT2D eigenvalue weighted by molar-refractivity contribution is 14.1. The number of halogens is 3. The first-order chi connectivity index (χ1) is 6.06. The fraction of sp³-hybridized carbons (Fsp3) is 0.222. The zero-order valence-electron chi connectivity index (χ0n) is 6.90. The van der Waals surface area contributed by atoms with Crippen LogP contribution in [0, 0.1) is 16.3 Å². The van der Waals surface area contributed by atoms with Gasteiger partial charge < -0.3 is 0 Å². The van der Waals surface area contributed by atoms with Crippen LogP contribution in [0.4, 0.5) is 4.39 Å². The summed E-state index contributed by atoms with van der Waals surface area (Å²) < 4.78 is 13.7. The van der Waals surface area contributed by atoms with Crippen LogP contribution in [-0.4, -0.2) is 11.7 Å². The molecule has 0 aliphatic carbocycles. The first kappa shape index (κ1) is 10.9. The number of hydrogen-bond acceptors (Lipinski definition) is 1. The number of hydrogen-bond donors (Lipinski definition) is 0. The Morgan fingerprint density at radius 3 is 2.69 bits per heavy atom. The van der Waals surface area contributed by atoms with Gasteiger partial charge in [0.2, 0.25) is 0 Å². The van der Waals surface area contributed by atoms with Crippen molar-refractivity contribution in [3.8, 4) is 0 Å². The van der Waals surface area contributed by atoms with E-state index in [1.807, 2.05) is 22.6 Å². The lowest BCUT2D eigenvalue weighted by molar-refractivity contribution is 0.102. The van der Waals surface area contributed by atoms with Gasteiger partial charge in [0, 0.05) is 5.56 Å². The average molecular weight is 313 g/mol. The molecule has 1 nitrogen and oxygen atoms in total. The minimum Gasteiger partial charge on any atom is -0.293 e. The van der Waals surface area contributed by atoms with E-state index in [1.165, 1.54) is 6.07 Å². The van der Waals surface area contributed by atoms with E-state index in [-0.39, 0.29) is 17.5 Å². The molecule has 0 heterocycles. The van der Waals surface area contributed by atoms with Crippen LogP contribution in [0.3, 0.4) is 0 Å². The molecule has 0 atom stereocenters. The Morgan fingerprint density at radius 2 is 2.23 bits per heavy atom. The van der Waals surface area contributed by atoms with Gasteiger partial charge >= 0.3 is 0 Å². The molecule has 0 unspecified atom stereocenters. The molecule has 0 spiro atoms. The number of carbonyl (C=O) groups excluding carboxylic acids is 1. The van der Waals surface area contributed by atoms with Gasteiger partial charge in [-0.3, -0.25) is 4.79 Å². The third-order valence-corrected chi connectivity index (χ3v) is 3.26. The fourth-order valence-corrected chi connectivity index (χ4v) is 1.43. The normalized spacial score (nSPS) is 10.2. The second-order valence-corrected chi connectivity index (χ2v) is 3.99. The van der Waals surface area contributed by atoms with Crippen molar-refractivity contribution in [3.63, 3.8) is 0 Å². The van der Waals surface area contributed by atoms with Crippen molar-refractivity contribution in [1.29, 1.82) is 0 Å². The zero-order chi connectivity index (χ0) is 10.0.